The average Bonchev–Trinajstić information content (AvgIpc) is 2.75. The molecule has 0 spiro atoms. The van der Waals surface area contributed by atoms with Gasteiger partial charge >= 0.3 is 6.36 Å². The van der Waals surface area contributed by atoms with Crippen molar-refractivity contribution >= 4 is 25.6 Å². The molecule has 1 amide bonds. The number of hydrogen-bond donors (Lipinski definition) is 2. The van der Waals surface area contributed by atoms with E-state index in [4.69, 9.17) is 9.94 Å². The molecule has 0 radical (unpaired) electrons. The van der Waals surface area contributed by atoms with Gasteiger partial charge in [-0.05, 0) is 61.4 Å². The Labute approximate surface area is 193 Å². The molecule has 0 aromatic heterocycles. The molecule has 0 bridgehead atoms. The van der Waals surface area contributed by atoms with Crippen LogP contribution in [0.15, 0.2) is 53.4 Å². The summed E-state index contributed by atoms with van der Waals surface area (Å²) in [6, 6.07) is 9.65. The Morgan fingerprint density at radius 3 is 1.91 bits per heavy atom. The highest BCUT2D eigenvalue weighted by molar-refractivity contribution is 7.92. The quantitative estimate of drug-likeness (QED) is 0.418. The minimum absolute atomic E-state index is 0.160. The van der Waals surface area contributed by atoms with Crippen molar-refractivity contribution in [2.24, 2.45) is 5.41 Å². The van der Waals surface area contributed by atoms with Crippen LogP contribution in [0.1, 0.15) is 12.8 Å². The van der Waals surface area contributed by atoms with Crippen LogP contribution in [0, 0.1) is 5.41 Å². The van der Waals surface area contributed by atoms with Crippen LogP contribution in [-0.2, 0) is 24.5 Å². The Morgan fingerprint density at radius 1 is 0.971 bits per heavy atom. The van der Waals surface area contributed by atoms with Gasteiger partial charge in [0.05, 0.1) is 27.6 Å². The highest BCUT2D eigenvalue weighted by atomic mass is 32.2. The van der Waals surface area contributed by atoms with Crippen molar-refractivity contribution in [3.05, 3.63) is 48.5 Å². The zero-order valence-electron chi connectivity index (χ0n) is 17.4. The molecule has 1 aliphatic heterocycles. The van der Waals surface area contributed by atoms with Crippen LogP contribution >= 0.6 is 0 Å². The van der Waals surface area contributed by atoms with Crippen molar-refractivity contribution in [2.45, 2.75) is 24.1 Å². The molecule has 14 heteroatoms. The number of benzene rings is 2. The number of sulfone groups is 2. The molecule has 186 valence electrons. The van der Waals surface area contributed by atoms with E-state index in [1.54, 1.807) is 0 Å². The number of alkyl halides is 3. The van der Waals surface area contributed by atoms with E-state index in [-0.39, 0.29) is 40.7 Å². The fraction of sp³-hybridized carbons (Fsp3) is 0.350. The maximum absolute atomic E-state index is 13.0. The largest absolute Gasteiger partial charge is 0.573 e. The number of halogens is 3. The first kappa shape index (κ1) is 25.8. The zero-order chi connectivity index (χ0) is 25.2. The molecule has 1 fully saturated rings. The Morgan fingerprint density at radius 2 is 1.44 bits per heavy atom. The van der Waals surface area contributed by atoms with Crippen molar-refractivity contribution in [3.8, 4) is 17.2 Å². The second kappa shape index (κ2) is 9.43. The van der Waals surface area contributed by atoms with Crippen LogP contribution < -0.4 is 15.0 Å². The molecule has 3 rings (SSSR count). The van der Waals surface area contributed by atoms with Crippen molar-refractivity contribution in [1.29, 1.82) is 0 Å². The Hall–Kier alpha value is -2.84. The van der Waals surface area contributed by atoms with E-state index < -0.39 is 48.9 Å². The monoisotopic (exact) mass is 523 g/mol. The molecule has 1 saturated heterocycles. The van der Waals surface area contributed by atoms with Gasteiger partial charge in [-0.2, -0.15) is 0 Å². The van der Waals surface area contributed by atoms with Gasteiger partial charge in [0.1, 0.15) is 27.1 Å². The van der Waals surface area contributed by atoms with Gasteiger partial charge in [-0.1, -0.05) is 0 Å². The molecule has 2 aromatic carbocycles. The lowest BCUT2D eigenvalue weighted by molar-refractivity contribution is -0.274. The Bertz CT molecular complexity index is 1230. The van der Waals surface area contributed by atoms with Gasteiger partial charge in [0.25, 0.3) is 5.91 Å². The van der Waals surface area contributed by atoms with Gasteiger partial charge in [0.15, 0.2) is 9.84 Å². The normalized spacial score (nSPS) is 17.5. The molecule has 34 heavy (non-hydrogen) atoms. The third-order valence-electron chi connectivity index (χ3n) is 5.31. The number of carbonyl (C=O) groups excluding carboxylic acids is 1. The van der Waals surface area contributed by atoms with E-state index in [9.17, 15) is 34.8 Å². The summed E-state index contributed by atoms with van der Waals surface area (Å²) in [4.78, 5) is 12.1. The number of hydrogen-bond acceptors (Lipinski definition) is 8. The lowest BCUT2D eigenvalue weighted by atomic mass is 9.83. The van der Waals surface area contributed by atoms with E-state index in [1.807, 2.05) is 0 Å². The Balaban J connectivity index is 1.73. The number of hydroxylamine groups is 1. The fourth-order valence-electron chi connectivity index (χ4n) is 3.49. The van der Waals surface area contributed by atoms with Crippen molar-refractivity contribution in [1.82, 2.24) is 5.48 Å². The van der Waals surface area contributed by atoms with Gasteiger partial charge in [-0.15, -0.1) is 13.2 Å². The van der Waals surface area contributed by atoms with Gasteiger partial charge in [0.2, 0.25) is 0 Å². The smallest absolute Gasteiger partial charge is 0.457 e. The molecule has 1 aliphatic rings. The molecule has 0 aliphatic carbocycles. The standard InChI is InChI=1S/C20H20F3NO8S2/c21-20(22,23)32-16-3-1-14(2-4-16)31-15-5-7-17(8-6-15)34(29,30)13-19(18(25)24-26)9-11-33(27,28)12-10-19/h1-8,26H,9-13H2,(H,24,25). The van der Waals surface area contributed by atoms with Crippen molar-refractivity contribution in [3.63, 3.8) is 0 Å². The maximum atomic E-state index is 13.0. The van der Waals surface area contributed by atoms with E-state index in [2.05, 4.69) is 4.74 Å². The van der Waals surface area contributed by atoms with Crippen LogP contribution in [0.3, 0.4) is 0 Å². The molecular formula is C20H20F3NO8S2. The second-order valence-corrected chi connectivity index (χ2v) is 12.0. The topological polar surface area (TPSA) is 136 Å². The predicted molar refractivity (Wildman–Crippen MR) is 112 cm³/mol. The summed E-state index contributed by atoms with van der Waals surface area (Å²) in [5, 5.41) is 9.08. The molecule has 1 heterocycles. The number of ether oxygens (including phenoxy) is 2. The summed E-state index contributed by atoms with van der Waals surface area (Å²) in [7, 11) is -7.47. The first-order chi connectivity index (χ1) is 15.7. The average molecular weight is 524 g/mol. The molecule has 0 atom stereocenters. The first-order valence-electron chi connectivity index (χ1n) is 9.75. The molecule has 0 saturated carbocycles. The second-order valence-electron chi connectivity index (χ2n) is 7.72. The summed E-state index contributed by atoms with van der Waals surface area (Å²) < 4.78 is 95.3. The molecule has 9 nitrogen and oxygen atoms in total. The van der Waals surface area contributed by atoms with Gasteiger partial charge < -0.3 is 9.47 Å². The van der Waals surface area contributed by atoms with Crippen molar-refractivity contribution < 1.29 is 49.5 Å². The third-order valence-corrected chi connectivity index (χ3v) is 8.88. The first-order valence-corrected chi connectivity index (χ1v) is 13.2. The Kier molecular flexibility index (Phi) is 7.15. The van der Waals surface area contributed by atoms with Crippen LogP contribution in [0.5, 0.6) is 17.2 Å². The zero-order valence-corrected chi connectivity index (χ0v) is 19.0. The number of carbonyl (C=O) groups is 1. The lowest BCUT2D eigenvalue weighted by Crippen LogP contribution is -2.49. The van der Waals surface area contributed by atoms with Gasteiger partial charge in [-0.3, -0.25) is 10.0 Å². The van der Waals surface area contributed by atoms with Gasteiger partial charge in [0, 0.05) is 0 Å². The molecule has 2 aromatic rings. The number of rotatable bonds is 7. The fourth-order valence-corrected chi connectivity index (χ4v) is 6.96. The molecule has 2 N–H and O–H groups in total. The van der Waals surface area contributed by atoms with Crippen LogP contribution in [0.4, 0.5) is 13.2 Å². The number of nitrogens with one attached hydrogen (secondary N) is 1. The molecule has 0 unspecified atom stereocenters. The maximum Gasteiger partial charge on any atom is 0.573 e. The van der Waals surface area contributed by atoms with E-state index in [1.165, 1.54) is 41.9 Å². The predicted octanol–water partition coefficient (Wildman–Crippen LogP) is 2.85. The van der Waals surface area contributed by atoms with Crippen molar-refractivity contribution in [2.75, 3.05) is 17.3 Å². The summed E-state index contributed by atoms with van der Waals surface area (Å²) in [6.45, 7) is 0. The van der Waals surface area contributed by atoms with Crippen LogP contribution in [0.2, 0.25) is 0 Å². The van der Waals surface area contributed by atoms with Crippen LogP contribution in [0.25, 0.3) is 0 Å². The minimum Gasteiger partial charge on any atom is -0.457 e. The van der Waals surface area contributed by atoms with E-state index in [0.717, 1.165) is 12.1 Å². The van der Waals surface area contributed by atoms with Crippen LogP contribution in [-0.4, -0.2) is 51.6 Å². The highest BCUT2D eigenvalue weighted by Crippen LogP contribution is 2.36. The summed E-state index contributed by atoms with van der Waals surface area (Å²) in [6.07, 6.45) is -5.33. The summed E-state index contributed by atoms with van der Waals surface area (Å²) in [5.74, 6) is -2.50. The third kappa shape index (κ3) is 6.39. The van der Waals surface area contributed by atoms with E-state index in [0.29, 0.717) is 0 Å². The summed E-state index contributed by atoms with van der Waals surface area (Å²) >= 11 is 0. The minimum atomic E-state index is -4.83. The summed E-state index contributed by atoms with van der Waals surface area (Å²) in [5.41, 5.74) is -0.163. The SMILES string of the molecule is O=C(NO)C1(CS(=O)(=O)c2ccc(Oc3ccc(OC(F)(F)F)cc3)cc2)CCS(=O)(=O)CC1. The molecular weight excluding hydrogens is 503 g/mol. The highest BCUT2D eigenvalue weighted by Gasteiger charge is 2.46. The van der Waals surface area contributed by atoms with E-state index >= 15 is 0 Å². The van der Waals surface area contributed by atoms with Gasteiger partial charge in [-0.25, -0.2) is 22.3 Å². The lowest BCUT2D eigenvalue weighted by Gasteiger charge is -2.34. The number of amides is 1.